The van der Waals surface area contributed by atoms with Crippen LogP contribution in [0.5, 0.6) is 11.6 Å². The molecule has 2 heterocycles. The van der Waals surface area contributed by atoms with Gasteiger partial charge >= 0.3 is 0 Å². The second-order valence-electron chi connectivity index (χ2n) is 5.63. The number of halogens is 1. The first-order valence-electron chi connectivity index (χ1n) is 7.93. The third kappa shape index (κ3) is 4.34. The number of hydrogen-bond acceptors (Lipinski definition) is 6. The molecule has 1 fully saturated rings. The molecule has 1 aromatic carbocycles. The predicted octanol–water partition coefficient (Wildman–Crippen LogP) is 1.40. The summed E-state index contributed by atoms with van der Waals surface area (Å²) in [5.74, 6) is 1.02. The Balaban J connectivity index is 1.49. The minimum Gasteiger partial charge on any atom is -0.484 e. The third-order valence-electron chi connectivity index (χ3n) is 3.88. The fourth-order valence-electron chi connectivity index (χ4n) is 2.70. The van der Waals surface area contributed by atoms with Crippen molar-refractivity contribution in [1.29, 1.82) is 0 Å². The Bertz CT molecular complexity index is 726. The topological polar surface area (TPSA) is 76.6 Å². The van der Waals surface area contributed by atoms with Gasteiger partial charge in [-0.3, -0.25) is 4.79 Å². The number of rotatable bonds is 6. The van der Waals surface area contributed by atoms with Crippen LogP contribution in [0.2, 0.25) is 0 Å². The van der Waals surface area contributed by atoms with E-state index in [-0.39, 0.29) is 24.4 Å². The van der Waals surface area contributed by atoms with Crippen molar-refractivity contribution in [2.75, 3.05) is 31.7 Å². The molecule has 1 amide bonds. The first kappa shape index (κ1) is 16.9. The number of benzene rings is 1. The Morgan fingerprint density at radius 1 is 1.32 bits per heavy atom. The number of aromatic nitrogens is 2. The van der Waals surface area contributed by atoms with Gasteiger partial charge in [0.15, 0.2) is 12.4 Å². The van der Waals surface area contributed by atoms with E-state index in [0.717, 1.165) is 13.0 Å². The number of nitrogens with one attached hydrogen (secondary N) is 1. The van der Waals surface area contributed by atoms with Gasteiger partial charge in [0.1, 0.15) is 11.6 Å². The van der Waals surface area contributed by atoms with E-state index in [1.54, 1.807) is 19.5 Å². The molecule has 1 unspecified atom stereocenters. The molecule has 0 spiro atoms. The highest BCUT2D eigenvalue weighted by Gasteiger charge is 2.27. The van der Waals surface area contributed by atoms with Crippen LogP contribution in [-0.2, 0) is 4.79 Å². The lowest BCUT2D eigenvalue weighted by Gasteiger charge is -2.19. The van der Waals surface area contributed by atoms with Gasteiger partial charge in [0.05, 0.1) is 7.11 Å². The van der Waals surface area contributed by atoms with Crippen LogP contribution in [0.3, 0.4) is 0 Å². The molecule has 25 heavy (non-hydrogen) atoms. The van der Waals surface area contributed by atoms with Crippen LogP contribution < -0.4 is 19.7 Å². The monoisotopic (exact) mass is 346 g/mol. The molecular formula is C17H19FN4O3. The molecule has 2 aromatic rings. The summed E-state index contributed by atoms with van der Waals surface area (Å²) >= 11 is 0. The molecule has 1 N–H and O–H groups in total. The van der Waals surface area contributed by atoms with Gasteiger partial charge in [0, 0.05) is 31.5 Å². The smallest absolute Gasteiger partial charge is 0.258 e. The van der Waals surface area contributed by atoms with Gasteiger partial charge < -0.3 is 19.7 Å². The molecule has 0 bridgehead atoms. The fourth-order valence-corrected chi connectivity index (χ4v) is 2.70. The van der Waals surface area contributed by atoms with Crippen LogP contribution in [0.1, 0.15) is 6.42 Å². The number of hydrogen-bond donors (Lipinski definition) is 1. The van der Waals surface area contributed by atoms with E-state index >= 15 is 0 Å². The molecular weight excluding hydrogens is 327 g/mol. The maximum Gasteiger partial charge on any atom is 0.258 e. The summed E-state index contributed by atoms with van der Waals surface area (Å²) in [6.45, 7) is 1.26. The van der Waals surface area contributed by atoms with E-state index in [4.69, 9.17) is 9.47 Å². The molecule has 1 aromatic heterocycles. The summed E-state index contributed by atoms with van der Waals surface area (Å²) < 4.78 is 23.4. The van der Waals surface area contributed by atoms with Crippen molar-refractivity contribution < 1.29 is 18.7 Å². The van der Waals surface area contributed by atoms with Crippen molar-refractivity contribution in [3.8, 4) is 11.6 Å². The highest BCUT2D eigenvalue weighted by Crippen LogP contribution is 2.25. The molecule has 1 saturated heterocycles. The molecule has 132 valence electrons. The molecule has 8 heteroatoms. The van der Waals surface area contributed by atoms with Crippen LogP contribution in [-0.4, -0.2) is 48.7 Å². The van der Waals surface area contributed by atoms with Gasteiger partial charge in [-0.15, -0.1) is 0 Å². The van der Waals surface area contributed by atoms with Gasteiger partial charge in [-0.05, 0) is 30.7 Å². The average molecular weight is 346 g/mol. The van der Waals surface area contributed by atoms with E-state index in [0.29, 0.717) is 24.0 Å². The van der Waals surface area contributed by atoms with E-state index < -0.39 is 0 Å². The lowest BCUT2D eigenvalue weighted by molar-refractivity contribution is -0.123. The molecule has 0 radical (unpaired) electrons. The number of carbonyl (C=O) groups excluding carboxylic acids is 1. The van der Waals surface area contributed by atoms with Crippen LogP contribution >= 0.6 is 0 Å². The maximum absolute atomic E-state index is 12.8. The van der Waals surface area contributed by atoms with E-state index in [2.05, 4.69) is 15.3 Å². The molecule has 0 saturated carbocycles. The number of nitrogens with zero attached hydrogens (tertiary/aromatic N) is 3. The van der Waals surface area contributed by atoms with Crippen LogP contribution in [0, 0.1) is 5.82 Å². The Labute approximate surface area is 144 Å². The molecule has 7 nitrogen and oxygen atoms in total. The third-order valence-corrected chi connectivity index (χ3v) is 3.88. The molecule has 1 aliphatic heterocycles. The second kappa shape index (κ2) is 7.78. The van der Waals surface area contributed by atoms with Crippen molar-refractivity contribution in [2.24, 2.45) is 0 Å². The maximum atomic E-state index is 12.8. The summed E-state index contributed by atoms with van der Waals surface area (Å²) in [5, 5.41) is 2.93. The summed E-state index contributed by atoms with van der Waals surface area (Å²) in [4.78, 5) is 22.5. The highest BCUT2D eigenvalue weighted by molar-refractivity contribution is 5.78. The van der Waals surface area contributed by atoms with Gasteiger partial charge in [-0.25, -0.2) is 14.4 Å². The minimum atomic E-state index is -0.345. The van der Waals surface area contributed by atoms with Crippen molar-refractivity contribution in [2.45, 2.75) is 12.5 Å². The predicted molar refractivity (Wildman–Crippen MR) is 89.2 cm³/mol. The number of carbonyl (C=O) groups is 1. The lowest BCUT2D eigenvalue weighted by Crippen LogP contribution is -2.39. The van der Waals surface area contributed by atoms with Crippen molar-refractivity contribution in [1.82, 2.24) is 15.3 Å². The standard InChI is InChI=1S/C17H19FN4O3/c1-24-17-16(19-7-8-20-17)22-9-6-13(10-22)21-15(23)11-25-14-4-2-12(18)3-5-14/h2-5,7-8,13H,6,9-11H2,1H3,(H,21,23). The molecule has 1 aliphatic rings. The zero-order chi connectivity index (χ0) is 17.6. The highest BCUT2D eigenvalue weighted by atomic mass is 19.1. The fraction of sp³-hybridized carbons (Fsp3) is 0.353. The number of anilines is 1. The average Bonchev–Trinajstić information content (AvgIpc) is 3.09. The zero-order valence-electron chi connectivity index (χ0n) is 13.8. The summed E-state index contributed by atoms with van der Waals surface area (Å²) in [6.07, 6.45) is 3.98. The Morgan fingerprint density at radius 2 is 2.08 bits per heavy atom. The van der Waals surface area contributed by atoms with E-state index in [9.17, 15) is 9.18 Å². The van der Waals surface area contributed by atoms with E-state index in [1.165, 1.54) is 24.3 Å². The Hall–Kier alpha value is -2.90. The molecule has 3 rings (SSSR count). The largest absolute Gasteiger partial charge is 0.484 e. The van der Waals surface area contributed by atoms with Crippen LogP contribution in [0.25, 0.3) is 0 Å². The zero-order valence-corrected chi connectivity index (χ0v) is 13.8. The number of ether oxygens (including phenoxy) is 2. The Morgan fingerprint density at radius 3 is 2.84 bits per heavy atom. The van der Waals surface area contributed by atoms with Crippen molar-refractivity contribution in [3.63, 3.8) is 0 Å². The van der Waals surface area contributed by atoms with Gasteiger partial charge in [0.2, 0.25) is 0 Å². The van der Waals surface area contributed by atoms with Gasteiger partial charge in [-0.2, -0.15) is 0 Å². The quantitative estimate of drug-likeness (QED) is 0.852. The van der Waals surface area contributed by atoms with Crippen LogP contribution in [0.15, 0.2) is 36.7 Å². The summed E-state index contributed by atoms with van der Waals surface area (Å²) in [7, 11) is 1.55. The second-order valence-corrected chi connectivity index (χ2v) is 5.63. The van der Waals surface area contributed by atoms with Gasteiger partial charge in [-0.1, -0.05) is 0 Å². The number of methoxy groups -OCH3 is 1. The normalized spacial score (nSPS) is 16.6. The lowest BCUT2D eigenvalue weighted by atomic mass is 10.2. The molecule has 1 atom stereocenters. The number of amides is 1. The summed E-state index contributed by atoms with van der Waals surface area (Å²) in [6, 6.07) is 5.55. The van der Waals surface area contributed by atoms with Crippen molar-refractivity contribution in [3.05, 3.63) is 42.5 Å². The SMILES string of the molecule is COc1nccnc1N1CCC(NC(=O)COc2ccc(F)cc2)C1. The first-order valence-corrected chi connectivity index (χ1v) is 7.93. The van der Waals surface area contributed by atoms with Crippen molar-refractivity contribution >= 4 is 11.7 Å². The summed E-state index contributed by atoms with van der Waals surface area (Å²) in [5.41, 5.74) is 0. The first-order chi connectivity index (χ1) is 12.2. The van der Waals surface area contributed by atoms with E-state index in [1.807, 2.05) is 4.90 Å². The minimum absolute atomic E-state index is 0.00368. The van der Waals surface area contributed by atoms with Gasteiger partial charge in [0.25, 0.3) is 11.8 Å². The molecule has 0 aliphatic carbocycles. The Kier molecular flexibility index (Phi) is 5.27. The van der Waals surface area contributed by atoms with Crippen LogP contribution in [0.4, 0.5) is 10.2 Å².